The van der Waals surface area contributed by atoms with E-state index < -0.39 is 0 Å². The van der Waals surface area contributed by atoms with Gasteiger partial charge in [-0.05, 0) is 37.1 Å². The lowest BCUT2D eigenvalue weighted by Gasteiger charge is -2.08. The highest BCUT2D eigenvalue weighted by Gasteiger charge is 2.12. The van der Waals surface area contributed by atoms with Crippen molar-refractivity contribution >= 4 is 21.9 Å². The lowest BCUT2D eigenvalue weighted by Crippen LogP contribution is -2.10. The first-order valence-electron chi connectivity index (χ1n) is 4.93. The Morgan fingerprint density at radius 3 is 2.81 bits per heavy atom. The van der Waals surface area contributed by atoms with Gasteiger partial charge in [0, 0.05) is 4.47 Å². The van der Waals surface area contributed by atoms with Crippen LogP contribution in [0.25, 0.3) is 0 Å². The molecule has 0 atom stereocenters. The Bertz CT molecular complexity index is 449. The van der Waals surface area contributed by atoms with Crippen molar-refractivity contribution < 1.29 is 9.53 Å². The van der Waals surface area contributed by atoms with E-state index in [1.54, 1.807) is 13.0 Å². The van der Waals surface area contributed by atoms with Crippen LogP contribution in [0, 0.1) is 18.3 Å². The molecule has 4 heteroatoms. The predicted octanol–water partition coefficient (Wildman–Crippen LogP) is 2.73. The van der Waals surface area contributed by atoms with Crippen LogP contribution in [0.5, 0.6) is 0 Å². The van der Waals surface area contributed by atoms with Crippen LogP contribution >= 0.6 is 15.9 Å². The number of carbonyl (C=O) groups excluding carboxylic acids is 1. The van der Waals surface area contributed by atoms with Gasteiger partial charge in [-0.2, -0.15) is 5.26 Å². The van der Waals surface area contributed by atoms with Gasteiger partial charge in [0.05, 0.1) is 24.7 Å². The average Bonchev–Trinajstić information content (AvgIpc) is 2.22. The number of ether oxygens (including phenoxy) is 1. The largest absolute Gasteiger partial charge is 0.466 e. The molecule has 0 fully saturated rings. The lowest BCUT2D eigenvalue weighted by atomic mass is 10.00. The highest BCUT2D eigenvalue weighted by Crippen LogP contribution is 2.21. The van der Waals surface area contributed by atoms with Crippen LogP contribution in [0.3, 0.4) is 0 Å². The molecule has 0 unspecified atom stereocenters. The van der Waals surface area contributed by atoms with Gasteiger partial charge in [-0.25, -0.2) is 0 Å². The van der Waals surface area contributed by atoms with Gasteiger partial charge < -0.3 is 4.74 Å². The molecule has 1 aromatic carbocycles. The Morgan fingerprint density at radius 1 is 1.56 bits per heavy atom. The van der Waals surface area contributed by atoms with Crippen molar-refractivity contribution in [2.45, 2.75) is 20.3 Å². The molecule has 0 spiro atoms. The van der Waals surface area contributed by atoms with E-state index in [0.29, 0.717) is 12.2 Å². The maximum atomic E-state index is 11.4. The van der Waals surface area contributed by atoms with Crippen molar-refractivity contribution in [2.75, 3.05) is 6.61 Å². The number of benzene rings is 1. The zero-order valence-corrected chi connectivity index (χ0v) is 10.8. The minimum atomic E-state index is -0.301. The average molecular weight is 282 g/mol. The van der Waals surface area contributed by atoms with Crippen LogP contribution in [0.1, 0.15) is 23.6 Å². The molecule has 1 aromatic rings. The van der Waals surface area contributed by atoms with Gasteiger partial charge in [-0.1, -0.05) is 15.9 Å². The Morgan fingerprint density at radius 2 is 2.25 bits per heavy atom. The summed E-state index contributed by atoms with van der Waals surface area (Å²) in [5, 5.41) is 8.99. The minimum absolute atomic E-state index is 0.149. The van der Waals surface area contributed by atoms with E-state index in [4.69, 9.17) is 10.00 Å². The summed E-state index contributed by atoms with van der Waals surface area (Å²) in [4.78, 5) is 11.4. The fourth-order valence-corrected chi connectivity index (χ4v) is 2.04. The number of hydrogen-bond acceptors (Lipinski definition) is 3. The number of halogens is 1. The van der Waals surface area contributed by atoms with Crippen LogP contribution in [-0.4, -0.2) is 12.6 Å². The van der Waals surface area contributed by atoms with Crippen LogP contribution < -0.4 is 0 Å². The van der Waals surface area contributed by atoms with Crippen molar-refractivity contribution in [3.63, 3.8) is 0 Å². The van der Waals surface area contributed by atoms with Crippen molar-refractivity contribution in [1.82, 2.24) is 0 Å². The molecule has 0 bridgehead atoms. The molecule has 84 valence electrons. The Labute approximate surface area is 103 Å². The zero-order valence-electron chi connectivity index (χ0n) is 9.21. The first-order valence-corrected chi connectivity index (χ1v) is 5.72. The fourth-order valence-electron chi connectivity index (χ4n) is 1.46. The monoisotopic (exact) mass is 281 g/mol. The van der Waals surface area contributed by atoms with Gasteiger partial charge in [0.25, 0.3) is 0 Å². The summed E-state index contributed by atoms with van der Waals surface area (Å²) in [5.74, 6) is -0.301. The molecule has 3 nitrogen and oxygen atoms in total. The summed E-state index contributed by atoms with van der Waals surface area (Å²) in [6.07, 6.45) is 0.149. The van der Waals surface area contributed by atoms with Gasteiger partial charge in [0.1, 0.15) is 0 Å². The quantitative estimate of drug-likeness (QED) is 0.801. The molecule has 0 N–H and O–H groups in total. The van der Waals surface area contributed by atoms with Gasteiger partial charge in [-0.3, -0.25) is 4.79 Å². The minimum Gasteiger partial charge on any atom is -0.466 e. The van der Waals surface area contributed by atoms with Crippen molar-refractivity contribution in [1.29, 1.82) is 5.26 Å². The summed E-state index contributed by atoms with van der Waals surface area (Å²) in [7, 11) is 0. The molecule has 16 heavy (non-hydrogen) atoms. The first-order chi connectivity index (χ1) is 7.58. The van der Waals surface area contributed by atoms with Gasteiger partial charge in [0.2, 0.25) is 0 Å². The topological polar surface area (TPSA) is 50.1 Å². The van der Waals surface area contributed by atoms with E-state index in [-0.39, 0.29) is 12.4 Å². The number of rotatable bonds is 3. The number of carbonyl (C=O) groups is 1. The van der Waals surface area contributed by atoms with E-state index in [9.17, 15) is 4.79 Å². The van der Waals surface area contributed by atoms with Crippen LogP contribution in [0.2, 0.25) is 0 Å². The molecule has 1 rings (SSSR count). The van der Waals surface area contributed by atoms with Crippen LogP contribution in [0.15, 0.2) is 16.6 Å². The number of esters is 1. The molecule has 0 saturated carbocycles. The number of aryl methyl sites for hydroxylation is 1. The summed E-state index contributed by atoms with van der Waals surface area (Å²) < 4.78 is 5.71. The zero-order chi connectivity index (χ0) is 12.1. The SMILES string of the molecule is CCOC(=O)Cc1c(C)cc(Br)cc1C#N. The van der Waals surface area contributed by atoms with Crippen LogP contribution in [-0.2, 0) is 16.0 Å². The Kier molecular flexibility index (Phi) is 4.51. The highest BCUT2D eigenvalue weighted by molar-refractivity contribution is 9.10. The summed E-state index contributed by atoms with van der Waals surface area (Å²) >= 11 is 3.32. The van der Waals surface area contributed by atoms with Gasteiger partial charge in [-0.15, -0.1) is 0 Å². The van der Waals surface area contributed by atoms with Crippen molar-refractivity contribution in [2.24, 2.45) is 0 Å². The molecular formula is C12H12BrNO2. The predicted molar refractivity (Wildman–Crippen MR) is 63.9 cm³/mol. The smallest absolute Gasteiger partial charge is 0.310 e. The number of nitriles is 1. The van der Waals surface area contributed by atoms with E-state index in [1.165, 1.54) is 0 Å². The van der Waals surface area contributed by atoms with Crippen molar-refractivity contribution in [3.8, 4) is 6.07 Å². The second-order valence-electron chi connectivity index (χ2n) is 3.34. The van der Waals surface area contributed by atoms with E-state index in [0.717, 1.165) is 15.6 Å². The number of hydrogen-bond donors (Lipinski definition) is 0. The van der Waals surface area contributed by atoms with Crippen LogP contribution in [0.4, 0.5) is 0 Å². The number of nitrogens with zero attached hydrogens (tertiary/aromatic N) is 1. The third-order valence-electron chi connectivity index (χ3n) is 2.18. The Balaban J connectivity index is 3.04. The molecule has 0 aliphatic rings. The maximum absolute atomic E-state index is 11.4. The molecule has 0 amide bonds. The second kappa shape index (κ2) is 5.66. The van der Waals surface area contributed by atoms with E-state index >= 15 is 0 Å². The normalized spacial score (nSPS) is 9.62. The molecule has 0 aliphatic heterocycles. The molecular weight excluding hydrogens is 270 g/mol. The van der Waals surface area contributed by atoms with Crippen molar-refractivity contribution in [3.05, 3.63) is 33.3 Å². The molecule has 0 saturated heterocycles. The lowest BCUT2D eigenvalue weighted by molar-refractivity contribution is -0.142. The molecule has 0 aromatic heterocycles. The fraction of sp³-hybridized carbons (Fsp3) is 0.333. The van der Waals surface area contributed by atoms with E-state index in [2.05, 4.69) is 22.0 Å². The van der Waals surface area contributed by atoms with Gasteiger partial charge >= 0.3 is 5.97 Å². The standard InChI is InChI=1S/C12H12BrNO2/c1-3-16-12(15)6-11-8(2)4-10(13)5-9(11)7-14/h4-5H,3,6H2,1-2H3. The Hall–Kier alpha value is -1.34. The molecule has 0 aliphatic carbocycles. The highest BCUT2D eigenvalue weighted by atomic mass is 79.9. The van der Waals surface area contributed by atoms with Gasteiger partial charge in [0.15, 0.2) is 0 Å². The molecule has 0 radical (unpaired) electrons. The molecule has 0 heterocycles. The maximum Gasteiger partial charge on any atom is 0.310 e. The first kappa shape index (κ1) is 12.7. The summed E-state index contributed by atoms with van der Waals surface area (Å²) in [5.41, 5.74) is 2.17. The third kappa shape index (κ3) is 3.07. The summed E-state index contributed by atoms with van der Waals surface area (Å²) in [6, 6.07) is 5.68. The second-order valence-corrected chi connectivity index (χ2v) is 4.26. The third-order valence-corrected chi connectivity index (χ3v) is 2.64. The van der Waals surface area contributed by atoms with E-state index in [1.807, 2.05) is 13.0 Å². The summed E-state index contributed by atoms with van der Waals surface area (Å²) in [6.45, 7) is 3.99.